The number of ketones is 1. The van der Waals surface area contributed by atoms with Gasteiger partial charge in [-0.1, -0.05) is 56.5 Å². The van der Waals surface area contributed by atoms with Crippen LogP contribution in [0.25, 0.3) is 0 Å². The zero-order valence-corrected chi connectivity index (χ0v) is 19.8. The molecular weight excluding hydrogens is 424 g/mol. The second-order valence-electron chi connectivity index (χ2n) is 8.33. The smallest absolute Gasteiger partial charge is 0.320 e. The number of ether oxygens (including phenoxy) is 2. The third kappa shape index (κ3) is 10.7. The number of rotatable bonds is 10. The van der Waals surface area contributed by atoms with E-state index < -0.39 is 10.5 Å². The fourth-order valence-electron chi connectivity index (χ4n) is 2.79. The van der Waals surface area contributed by atoms with Gasteiger partial charge in [0.1, 0.15) is 16.9 Å². The predicted molar refractivity (Wildman–Crippen MR) is 128 cm³/mol. The molecule has 180 valence electrons. The first-order valence-corrected chi connectivity index (χ1v) is 11.0. The zero-order valence-electron chi connectivity index (χ0n) is 19.8. The van der Waals surface area contributed by atoms with Crippen LogP contribution in [0.5, 0.6) is 5.75 Å². The molecule has 0 saturated heterocycles. The summed E-state index contributed by atoms with van der Waals surface area (Å²) < 4.78 is 10.4. The van der Waals surface area contributed by atoms with Gasteiger partial charge in [-0.25, -0.2) is 0 Å². The van der Waals surface area contributed by atoms with E-state index in [2.05, 4.69) is 6.92 Å². The van der Waals surface area contributed by atoms with E-state index in [1.807, 2.05) is 0 Å². The maximum atomic E-state index is 12.5. The molecule has 0 bridgehead atoms. The molecular formula is C25H34N2O6. The van der Waals surface area contributed by atoms with Crippen LogP contribution in [0.2, 0.25) is 0 Å². The van der Waals surface area contributed by atoms with Gasteiger partial charge in [-0.2, -0.15) is 0 Å². The van der Waals surface area contributed by atoms with Crippen LogP contribution in [0.3, 0.4) is 0 Å². The molecule has 8 heteroatoms. The molecule has 0 aromatic heterocycles. The molecule has 2 rings (SSSR count). The Labute approximate surface area is 195 Å². The van der Waals surface area contributed by atoms with Crippen LogP contribution in [0.1, 0.15) is 69.3 Å². The highest BCUT2D eigenvalue weighted by Gasteiger charge is 2.22. The Balaban J connectivity index is 0.000000513. The number of benzene rings is 2. The molecule has 0 aliphatic rings. The van der Waals surface area contributed by atoms with Gasteiger partial charge in [-0.15, -0.1) is 0 Å². The van der Waals surface area contributed by atoms with E-state index in [1.54, 1.807) is 57.2 Å². The first kappa shape index (κ1) is 27.8. The Morgan fingerprint density at radius 2 is 1.70 bits per heavy atom. The topological polar surface area (TPSA) is 122 Å². The lowest BCUT2D eigenvalue weighted by atomic mass is 10.0. The van der Waals surface area contributed by atoms with Gasteiger partial charge in [0.2, 0.25) is 0 Å². The number of hydrogen-bond acceptors (Lipinski definition) is 7. The van der Waals surface area contributed by atoms with Crippen molar-refractivity contribution in [3.8, 4) is 5.75 Å². The summed E-state index contributed by atoms with van der Waals surface area (Å²) >= 11 is 0. The third-order valence-electron chi connectivity index (χ3n) is 4.30. The minimum Gasteiger partial charge on any atom is -0.493 e. The lowest BCUT2D eigenvalue weighted by Crippen LogP contribution is -2.28. The molecule has 0 saturated carbocycles. The molecule has 0 amide bonds. The molecule has 0 heterocycles. The summed E-state index contributed by atoms with van der Waals surface area (Å²) in [5.74, 6) is -0.304. The Hall–Kier alpha value is -3.26. The van der Waals surface area contributed by atoms with Gasteiger partial charge >= 0.3 is 5.97 Å². The second-order valence-corrected chi connectivity index (χ2v) is 8.33. The number of hydrogen-bond donors (Lipinski definition) is 1. The van der Waals surface area contributed by atoms with Crippen LogP contribution in [-0.2, 0) is 9.53 Å². The van der Waals surface area contributed by atoms with E-state index in [9.17, 15) is 19.7 Å². The van der Waals surface area contributed by atoms with Crippen LogP contribution < -0.4 is 10.5 Å². The van der Waals surface area contributed by atoms with Crippen LogP contribution >= 0.6 is 0 Å². The molecule has 8 nitrogen and oxygen atoms in total. The van der Waals surface area contributed by atoms with Gasteiger partial charge in [-0.3, -0.25) is 19.7 Å². The van der Waals surface area contributed by atoms with Crippen LogP contribution in [-0.4, -0.2) is 35.4 Å². The SMILES string of the molecule is CC(C)(C)OC(=O)CN.CCCCCCOc1ccc(C(=O)c2ccccc2)c([N+](=O)[O-])c1. The summed E-state index contributed by atoms with van der Waals surface area (Å²) in [4.78, 5) is 33.7. The fourth-order valence-corrected chi connectivity index (χ4v) is 2.79. The van der Waals surface area contributed by atoms with Gasteiger partial charge in [-0.05, 0) is 39.3 Å². The van der Waals surface area contributed by atoms with E-state index in [1.165, 1.54) is 12.1 Å². The Bertz CT molecular complexity index is 907. The van der Waals surface area contributed by atoms with Crippen molar-refractivity contribution in [3.05, 3.63) is 69.8 Å². The molecule has 0 fully saturated rings. The second kappa shape index (κ2) is 14.0. The van der Waals surface area contributed by atoms with E-state index in [4.69, 9.17) is 15.2 Å². The van der Waals surface area contributed by atoms with Crippen molar-refractivity contribution in [1.29, 1.82) is 0 Å². The summed E-state index contributed by atoms with van der Waals surface area (Å²) in [6.45, 7) is 8.02. The number of nitro benzene ring substituents is 1. The van der Waals surface area contributed by atoms with Gasteiger partial charge in [0, 0.05) is 5.56 Å². The lowest BCUT2D eigenvalue weighted by molar-refractivity contribution is -0.385. The Morgan fingerprint density at radius 1 is 1.03 bits per heavy atom. The summed E-state index contributed by atoms with van der Waals surface area (Å²) in [5, 5.41) is 11.3. The molecule has 0 atom stereocenters. The number of nitrogens with two attached hydrogens (primary N) is 1. The molecule has 0 unspecified atom stereocenters. The van der Waals surface area contributed by atoms with Crippen molar-refractivity contribution in [2.24, 2.45) is 5.73 Å². The Morgan fingerprint density at radius 3 is 2.21 bits per heavy atom. The highest BCUT2D eigenvalue weighted by Crippen LogP contribution is 2.27. The van der Waals surface area contributed by atoms with Crippen molar-refractivity contribution in [2.45, 2.75) is 59.0 Å². The normalized spacial score (nSPS) is 10.6. The largest absolute Gasteiger partial charge is 0.493 e. The van der Waals surface area contributed by atoms with Gasteiger partial charge in [0.15, 0.2) is 5.78 Å². The highest BCUT2D eigenvalue weighted by molar-refractivity contribution is 6.11. The summed E-state index contributed by atoms with van der Waals surface area (Å²) in [5.41, 5.74) is 4.87. The van der Waals surface area contributed by atoms with Crippen molar-refractivity contribution < 1.29 is 24.0 Å². The molecule has 2 aromatic carbocycles. The standard InChI is InChI=1S/C19H21NO4.C6H13NO2/c1-2-3-4-8-13-24-16-11-12-17(18(14-16)20(22)23)19(21)15-9-6-5-7-10-15;1-6(2,3)9-5(8)4-7/h5-7,9-12,14H,2-4,8,13H2,1H3;4,7H2,1-3H3. The lowest BCUT2D eigenvalue weighted by Gasteiger charge is -2.18. The summed E-state index contributed by atoms with van der Waals surface area (Å²) in [7, 11) is 0. The van der Waals surface area contributed by atoms with Gasteiger partial charge < -0.3 is 15.2 Å². The average molecular weight is 459 g/mol. The number of esters is 1. The van der Waals surface area contributed by atoms with Crippen LogP contribution in [0, 0.1) is 10.1 Å². The van der Waals surface area contributed by atoms with Crippen molar-refractivity contribution in [3.63, 3.8) is 0 Å². The quantitative estimate of drug-likeness (QED) is 0.173. The van der Waals surface area contributed by atoms with Crippen molar-refractivity contribution >= 4 is 17.4 Å². The zero-order chi connectivity index (χ0) is 24.9. The molecule has 0 radical (unpaired) electrons. The third-order valence-corrected chi connectivity index (χ3v) is 4.30. The Kier molecular flexibility index (Phi) is 11.8. The molecule has 33 heavy (non-hydrogen) atoms. The minimum absolute atomic E-state index is 0.0444. The minimum atomic E-state index is -0.542. The van der Waals surface area contributed by atoms with Crippen molar-refractivity contribution in [2.75, 3.05) is 13.2 Å². The average Bonchev–Trinajstić information content (AvgIpc) is 2.78. The first-order valence-electron chi connectivity index (χ1n) is 11.0. The van der Waals surface area contributed by atoms with Crippen LogP contribution in [0.4, 0.5) is 5.69 Å². The highest BCUT2D eigenvalue weighted by atomic mass is 16.6. The molecule has 0 spiro atoms. The van der Waals surface area contributed by atoms with Crippen LogP contribution in [0.15, 0.2) is 48.5 Å². The monoisotopic (exact) mass is 458 g/mol. The number of unbranched alkanes of at least 4 members (excludes halogenated alkanes) is 3. The van der Waals surface area contributed by atoms with E-state index in [0.717, 1.165) is 25.7 Å². The van der Waals surface area contributed by atoms with E-state index in [-0.39, 0.29) is 29.5 Å². The molecule has 2 aromatic rings. The summed E-state index contributed by atoms with van der Waals surface area (Å²) in [6, 6.07) is 12.9. The first-order chi connectivity index (χ1) is 15.6. The maximum absolute atomic E-state index is 12.5. The molecule has 0 aliphatic carbocycles. The number of carbonyl (C=O) groups excluding carboxylic acids is 2. The number of carbonyl (C=O) groups is 2. The molecule has 2 N–H and O–H groups in total. The van der Waals surface area contributed by atoms with E-state index >= 15 is 0 Å². The van der Waals surface area contributed by atoms with Crippen molar-refractivity contribution in [1.82, 2.24) is 0 Å². The number of nitrogens with zero attached hydrogens (tertiary/aromatic N) is 1. The maximum Gasteiger partial charge on any atom is 0.320 e. The fraction of sp³-hybridized carbons (Fsp3) is 0.440. The number of nitro groups is 1. The van der Waals surface area contributed by atoms with E-state index in [0.29, 0.717) is 17.9 Å². The molecule has 0 aliphatic heterocycles. The van der Waals surface area contributed by atoms with Gasteiger partial charge in [0.05, 0.1) is 24.1 Å². The van der Waals surface area contributed by atoms with Gasteiger partial charge in [0.25, 0.3) is 5.69 Å². The summed E-state index contributed by atoms with van der Waals surface area (Å²) in [6.07, 6.45) is 4.27. The predicted octanol–water partition coefficient (Wildman–Crippen LogP) is 5.07.